The lowest BCUT2D eigenvalue weighted by Gasteiger charge is -2.33. The van der Waals surface area contributed by atoms with Crippen LogP contribution in [0.3, 0.4) is 0 Å². The van der Waals surface area contributed by atoms with Crippen LogP contribution in [0.15, 0.2) is 52.9 Å². The zero-order chi connectivity index (χ0) is 24.5. The minimum Gasteiger partial charge on any atom is -0.487 e. The van der Waals surface area contributed by atoms with Crippen LogP contribution in [0.2, 0.25) is 0 Å². The maximum absolute atomic E-state index is 6.42. The average Bonchev–Trinajstić information content (AvgIpc) is 3.39. The number of benzene rings is 3. The third-order valence-corrected chi connectivity index (χ3v) is 8.16. The van der Waals surface area contributed by atoms with Crippen molar-refractivity contribution in [3.8, 4) is 5.75 Å². The van der Waals surface area contributed by atoms with Crippen molar-refractivity contribution >= 4 is 49.5 Å². The first kappa shape index (κ1) is 20.7. The summed E-state index contributed by atoms with van der Waals surface area (Å²) < 4.78 is 14.8. The Bertz CT molecular complexity index is 1860. The molecule has 35 heavy (non-hydrogen) atoms. The van der Waals surface area contributed by atoms with E-state index in [4.69, 9.17) is 19.1 Å². The third kappa shape index (κ3) is 2.53. The Morgan fingerprint density at radius 2 is 1.63 bits per heavy atom. The van der Waals surface area contributed by atoms with Gasteiger partial charge in [0.25, 0.3) is 0 Å². The molecule has 6 aromatic rings. The summed E-state index contributed by atoms with van der Waals surface area (Å²) in [5, 5.41) is 3.15. The van der Waals surface area contributed by atoms with Gasteiger partial charge in [0.05, 0.1) is 21.9 Å². The molecule has 0 spiro atoms. The van der Waals surface area contributed by atoms with Crippen LogP contribution in [0.4, 0.5) is 0 Å². The van der Waals surface area contributed by atoms with Crippen molar-refractivity contribution < 1.29 is 9.15 Å². The van der Waals surface area contributed by atoms with Crippen LogP contribution in [-0.2, 0) is 10.8 Å². The van der Waals surface area contributed by atoms with E-state index in [0.29, 0.717) is 0 Å². The maximum atomic E-state index is 6.42. The number of rotatable bonds is 0. The molecule has 0 N–H and O–H groups in total. The molecule has 0 aliphatic carbocycles. The lowest BCUT2D eigenvalue weighted by Crippen LogP contribution is -2.41. The number of imidazole rings is 1. The molecule has 0 unspecified atom stereocenters. The summed E-state index contributed by atoms with van der Waals surface area (Å²) in [4.78, 5) is 10.5. The van der Waals surface area contributed by atoms with Gasteiger partial charge in [-0.1, -0.05) is 52.8 Å². The van der Waals surface area contributed by atoms with Crippen molar-refractivity contribution in [2.24, 2.45) is 0 Å². The highest BCUT2D eigenvalue weighted by molar-refractivity contribution is 6.19. The van der Waals surface area contributed by atoms with E-state index in [1.54, 1.807) is 0 Å². The summed E-state index contributed by atoms with van der Waals surface area (Å²) in [5.41, 5.74) is 6.17. The van der Waals surface area contributed by atoms with Gasteiger partial charge in [-0.3, -0.25) is 4.40 Å². The topological polar surface area (TPSA) is 52.6 Å². The molecule has 7 rings (SSSR count). The second-order valence-corrected chi connectivity index (χ2v) is 12.0. The van der Waals surface area contributed by atoms with Crippen molar-refractivity contribution in [2.45, 2.75) is 64.9 Å². The molecule has 1 aliphatic rings. The zero-order valence-electron chi connectivity index (χ0n) is 21.3. The van der Waals surface area contributed by atoms with E-state index >= 15 is 0 Å². The first-order chi connectivity index (χ1) is 16.5. The molecule has 5 nitrogen and oxygen atoms in total. The molecular weight excluding hydrogens is 434 g/mol. The number of hydrogen-bond acceptors (Lipinski definition) is 4. The largest absolute Gasteiger partial charge is 0.487 e. The number of hydrogen-bond donors (Lipinski definition) is 0. The van der Waals surface area contributed by atoms with Crippen molar-refractivity contribution in [1.29, 1.82) is 0 Å². The lowest BCUT2D eigenvalue weighted by molar-refractivity contribution is 0.0713. The molecule has 0 bridgehead atoms. The Labute approximate surface area is 203 Å². The maximum Gasteiger partial charge on any atom is 0.148 e. The van der Waals surface area contributed by atoms with Gasteiger partial charge in [-0.05, 0) is 38.1 Å². The molecule has 0 saturated heterocycles. The number of aromatic nitrogens is 3. The van der Waals surface area contributed by atoms with E-state index in [1.165, 1.54) is 5.56 Å². The van der Waals surface area contributed by atoms with E-state index < -0.39 is 0 Å². The van der Waals surface area contributed by atoms with Crippen molar-refractivity contribution in [3.63, 3.8) is 0 Å². The quantitative estimate of drug-likeness (QED) is 0.232. The van der Waals surface area contributed by atoms with Gasteiger partial charge < -0.3 is 9.15 Å². The second-order valence-electron chi connectivity index (χ2n) is 12.0. The number of ether oxygens (including phenoxy) is 1. The van der Waals surface area contributed by atoms with Gasteiger partial charge in [0.2, 0.25) is 0 Å². The smallest absolute Gasteiger partial charge is 0.148 e. The monoisotopic (exact) mass is 463 g/mol. The zero-order valence-corrected chi connectivity index (χ0v) is 21.3. The third-order valence-electron chi connectivity index (χ3n) is 8.16. The summed E-state index contributed by atoms with van der Waals surface area (Å²) in [6, 6.07) is 16.7. The molecule has 0 fully saturated rings. The van der Waals surface area contributed by atoms with Gasteiger partial charge in [-0.15, -0.1) is 0 Å². The van der Waals surface area contributed by atoms with Crippen LogP contribution in [0.25, 0.3) is 49.5 Å². The molecule has 1 aliphatic heterocycles. The van der Waals surface area contributed by atoms with Gasteiger partial charge in [-0.25, -0.2) is 9.97 Å². The molecule has 5 heteroatoms. The average molecular weight is 464 g/mol. The van der Waals surface area contributed by atoms with Crippen molar-refractivity contribution in [3.05, 3.63) is 59.9 Å². The Morgan fingerprint density at radius 3 is 2.40 bits per heavy atom. The number of nitrogens with zero attached hydrogens (tertiary/aromatic N) is 3. The van der Waals surface area contributed by atoms with Crippen molar-refractivity contribution in [2.75, 3.05) is 0 Å². The van der Waals surface area contributed by atoms with Gasteiger partial charge >= 0.3 is 0 Å². The number of para-hydroxylation sites is 1. The Balaban J connectivity index is 1.68. The standard InChI is InChI=1S/C30H29N3O2/c1-28(2,3)27-32-25-17(12-13-22-24(25)16-10-8-9-11-21(16)34-22)26-31-19-15-23-18(14-20(19)33(26)27)29(4,5)30(6,7)35-23/h8-15H,1-7H3. The Kier molecular flexibility index (Phi) is 3.64. The molecule has 0 atom stereocenters. The normalized spacial score (nSPS) is 17.1. The molecule has 176 valence electrons. The summed E-state index contributed by atoms with van der Waals surface area (Å²) in [6.45, 7) is 15.5. The summed E-state index contributed by atoms with van der Waals surface area (Å²) >= 11 is 0. The van der Waals surface area contributed by atoms with Gasteiger partial charge in [0.15, 0.2) is 0 Å². The van der Waals surface area contributed by atoms with Crippen LogP contribution in [-0.4, -0.2) is 20.0 Å². The van der Waals surface area contributed by atoms with E-state index in [-0.39, 0.29) is 16.4 Å². The highest BCUT2D eigenvalue weighted by atomic mass is 16.5. The van der Waals surface area contributed by atoms with E-state index in [2.05, 4.69) is 77.1 Å². The molecule has 0 radical (unpaired) electrons. The van der Waals surface area contributed by atoms with Crippen LogP contribution in [0.5, 0.6) is 5.75 Å². The fourth-order valence-corrected chi connectivity index (χ4v) is 5.55. The highest BCUT2D eigenvalue weighted by Crippen LogP contribution is 2.50. The fraction of sp³-hybridized carbons (Fsp3) is 0.333. The SMILES string of the molecule is CC(C)(C)c1nc2c(ccc3oc4ccccc4c32)c2nc3cc4c(cc3n12)C(C)(C)C(C)(C)O4. The van der Waals surface area contributed by atoms with Crippen LogP contribution < -0.4 is 4.74 Å². The summed E-state index contributed by atoms with van der Waals surface area (Å²) in [5.74, 6) is 1.91. The van der Waals surface area contributed by atoms with Crippen molar-refractivity contribution in [1.82, 2.24) is 14.4 Å². The van der Waals surface area contributed by atoms with Crippen LogP contribution >= 0.6 is 0 Å². The van der Waals surface area contributed by atoms with Crippen LogP contribution in [0, 0.1) is 0 Å². The molecule has 3 aromatic heterocycles. The summed E-state index contributed by atoms with van der Waals surface area (Å²) in [6.07, 6.45) is 0. The van der Waals surface area contributed by atoms with Crippen LogP contribution in [0.1, 0.15) is 59.9 Å². The van der Waals surface area contributed by atoms with Gasteiger partial charge in [0, 0.05) is 33.2 Å². The van der Waals surface area contributed by atoms with Gasteiger partial charge in [0.1, 0.15) is 34.0 Å². The molecule has 3 aromatic carbocycles. The van der Waals surface area contributed by atoms with E-state index in [1.807, 2.05) is 24.3 Å². The second kappa shape index (κ2) is 6.14. The van der Waals surface area contributed by atoms with E-state index in [9.17, 15) is 0 Å². The molecule has 0 amide bonds. The highest BCUT2D eigenvalue weighted by Gasteiger charge is 2.48. The first-order valence-electron chi connectivity index (χ1n) is 12.3. The Morgan fingerprint density at radius 1 is 0.857 bits per heavy atom. The minimum absolute atomic E-state index is 0.130. The Hall–Kier alpha value is -3.60. The molecule has 0 saturated carbocycles. The predicted molar refractivity (Wildman–Crippen MR) is 142 cm³/mol. The minimum atomic E-state index is -0.291. The lowest BCUT2D eigenvalue weighted by atomic mass is 9.74. The molecule has 4 heterocycles. The fourth-order valence-electron chi connectivity index (χ4n) is 5.55. The van der Waals surface area contributed by atoms with Gasteiger partial charge in [-0.2, -0.15) is 0 Å². The predicted octanol–water partition coefficient (Wildman–Crippen LogP) is 7.68. The number of furan rings is 1. The summed E-state index contributed by atoms with van der Waals surface area (Å²) in [7, 11) is 0. The van der Waals surface area contributed by atoms with E-state index in [0.717, 1.165) is 61.1 Å². The molecular formula is C30H29N3O2. The number of fused-ring (bicyclic) bond motifs is 10. The first-order valence-corrected chi connectivity index (χ1v) is 12.3.